The highest BCUT2D eigenvalue weighted by atomic mass is 35.5. The molecular weight excluding hydrogens is 250 g/mol. The minimum absolute atomic E-state index is 0.211. The molecule has 0 spiro atoms. The zero-order valence-electron chi connectivity index (χ0n) is 11.3. The van der Waals surface area contributed by atoms with Gasteiger partial charge in [0.05, 0.1) is 19.0 Å². The number of hydrogen-bond acceptors (Lipinski definition) is 4. The second kappa shape index (κ2) is 8.14. The Kier molecular flexibility index (Phi) is 6.80. The predicted molar refractivity (Wildman–Crippen MR) is 75.4 cm³/mol. The van der Waals surface area contributed by atoms with Crippen molar-refractivity contribution >= 4 is 17.4 Å². The van der Waals surface area contributed by atoms with Crippen molar-refractivity contribution in [2.75, 3.05) is 17.8 Å². The zero-order chi connectivity index (χ0) is 13.4. The van der Waals surface area contributed by atoms with Crippen LogP contribution < -0.4 is 10.1 Å². The molecule has 1 rings (SSSR count). The van der Waals surface area contributed by atoms with Crippen LogP contribution in [0.2, 0.25) is 0 Å². The number of nitrogens with zero attached hydrogens (tertiary/aromatic N) is 2. The van der Waals surface area contributed by atoms with Crippen LogP contribution in [0.3, 0.4) is 0 Å². The van der Waals surface area contributed by atoms with Crippen molar-refractivity contribution in [1.82, 2.24) is 9.97 Å². The molecule has 0 aliphatic heterocycles. The normalized spacial score (nSPS) is 12.5. The molecule has 1 unspecified atom stereocenters. The maximum Gasteiger partial charge on any atom is 0.234 e. The van der Waals surface area contributed by atoms with E-state index in [1.54, 1.807) is 12.4 Å². The first kappa shape index (κ1) is 15.0. The first-order chi connectivity index (χ1) is 8.65. The van der Waals surface area contributed by atoms with Crippen molar-refractivity contribution < 1.29 is 4.74 Å². The summed E-state index contributed by atoms with van der Waals surface area (Å²) in [5, 5.41) is 3.29. The van der Waals surface area contributed by atoms with Crippen LogP contribution in [-0.4, -0.2) is 28.5 Å². The summed E-state index contributed by atoms with van der Waals surface area (Å²) in [6.45, 7) is 7.06. The van der Waals surface area contributed by atoms with Gasteiger partial charge < -0.3 is 10.1 Å². The maximum atomic E-state index is 5.94. The highest BCUT2D eigenvalue weighted by Gasteiger charge is 2.10. The van der Waals surface area contributed by atoms with Crippen LogP contribution in [0.5, 0.6) is 5.88 Å². The first-order valence-electron chi connectivity index (χ1n) is 6.43. The van der Waals surface area contributed by atoms with E-state index in [0.29, 0.717) is 24.3 Å². The molecule has 0 fully saturated rings. The van der Waals surface area contributed by atoms with Gasteiger partial charge in [-0.3, -0.25) is 4.98 Å². The molecule has 1 N–H and O–H groups in total. The van der Waals surface area contributed by atoms with Gasteiger partial charge in [0.1, 0.15) is 5.82 Å². The summed E-state index contributed by atoms with van der Waals surface area (Å²) < 4.78 is 5.45. The fraction of sp³-hybridized carbons (Fsp3) is 0.692. The van der Waals surface area contributed by atoms with Crippen LogP contribution in [0.25, 0.3) is 0 Å². The summed E-state index contributed by atoms with van der Waals surface area (Å²) >= 11 is 5.94. The molecule has 1 heterocycles. The van der Waals surface area contributed by atoms with Crippen molar-refractivity contribution in [1.29, 1.82) is 0 Å². The molecule has 5 heteroatoms. The number of alkyl halides is 1. The van der Waals surface area contributed by atoms with Gasteiger partial charge in [-0.15, -0.1) is 11.6 Å². The summed E-state index contributed by atoms with van der Waals surface area (Å²) in [7, 11) is 0. The molecular formula is C13H22ClN3O. The third-order valence-electron chi connectivity index (χ3n) is 2.36. The Balaban J connectivity index is 2.59. The fourth-order valence-electron chi connectivity index (χ4n) is 1.63. The molecule has 102 valence electrons. The highest BCUT2D eigenvalue weighted by molar-refractivity contribution is 6.18. The van der Waals surface area contributed by atoms with Crippen LogP contribution >= 0.6 is 11.6 Å². The van der Waals surface area contributed by atoms with E-state index >= 15 is 0 Å². The Morgan fingerprint density at radius 2 is 2.17 bits per heavy atom. The largest absolute Gasteiger partial charge is 0.477 e. The molecule has 4 nitrogen and oxygen atoms in total. The van der Waals surface area contributed by atoms with Gasteiger partial charge in [-0.1, -0.05) is 20.8 Å². The molecule has 0 saturated carbocycles. The molecule has 1 aromatic heterocycles. The van der Waals surface area contributed by atoms with Gasteiger partial charge in [-0.25, -0.2) is 0 Å². The lowest BCUT2D eigenvalue weighted by Crippen LogP contribution is -2.24. The smallest absolute Gasteiger partial charge is 0.234 e. The van der Waals surface area contributed by atoms with Gasteiger partial charge in [0.2, 0.25) is 5.88 Å². The summed E-state index contributed by atoms with van der Waals surface area (Å²) in [5.74, 6) is 2.42. The summed E-state index contributed by atoms with van der Waals surface area (Å²) in [6, 6.07) is 0.211. The number of halogens is 1. The number of rotatable bonds is 8. The van der Waals surface area contributed by atoms with Gasteiger partial charge in [0.25, 0.3) is 0 Å². The quantitative estimate of drug-likeness (QED) is 0.737. The summed E-state index contributed by atoms with van der Waals surface area (Å²) in [6.07, 6.45) is 5.28. The fourth-order valence-corrected chi connectivity index (χ4v) is 1.84. The molecule has 0 aromatic carbocycles. The number of nitrogens with one attached hydrogen (secondary N) is 1. The van der Waals surface area contributed by atoms with Crippen LogP contribution in [0.4, 0.5) is 5.82 Å². The van der Waals surface area contributed by atoms with E-state index in [9.17, 15) is 0 Å². The van der Waals surface area contributed by atoms with E-state index in [-0.39, 0.29) is 6.04 Å². The third kappa shape index (κ3) is 5.54. The minimum atomic E-state index is 0.211. The van der Waals surface area contributed by atoms with Gasteiger partial charge in [0.15, 0.2) is 0 Å². The zero-order valence-corrected chi connectivity index (χ0v) is 12.1. The third-order valence-corrected chi connectivity index (χ3v) is 2.73. The number of anilines is 1. The van der Waals surface area contributed by atoms with Gasteiger partial charge in [0, 0.05) is 11.9 Å². The van der Waals surface area contributed by atoms with Crippen LogP contribution in [-0.2, 0) is 0 Å². The first-order valence-corrected chi connectivity index (χ1v) is 6.96. The molecule has 0 amide bonds. The molecule has 1 atom stereocenters. The molecule has 18 heavy (non-hydrogen) atoms. The Morgan fingerprint density at radius 3 is 2.78 bits per heavy atom. The second-order valence-electron chi connectivity index (χ2n) is 4.72. The molecule has 0 radical (unpaired) electrons. The lowest BCUT2D eigenvalue weighted by atomic mass is 10.1. The monoisotopic (exact) mass is 271 g/mol. The van der Waals surface area contributed by atoms with Crippen molar-refractivity contribution in [2.45, 2.75) is 39.7 Å². The number of hydrogen-bond donors (Lipinski definition) is 1. The summed E-state index contributed by atoms with van der Waals surface area (Å²) in [4.78, 5) is 8.46. The predicted octanol–water partition coefficient (Wildman–Crippen LogP) is 3.33. The highest BCUT2D eigenvalue weighted by Crippen LogP contribution is 2.14. The van der Waals surface area contributed by atoms with E-state index in [1.165, 1.54) is 0 Å². The van der Waals surface area contributed by atoms with Crippen LogP contribution in [0, 0.1) is 5.92 Å². The Hall–Kier alpha value is -1.03. The lowest BCUT2D eigenvalue weighted by molar-refractivity contribution is 0.304. The van der Waals surface area contributed by atoms with E-state index in [2.05, 4.69) is 36.1 Å². The molecule has 1 aromatic rings. The van der Waals surface area contributed by atoms with Gasteiger partial charge >= 0.3 is 0 Å². The van der Waals surface area contributed by atoms with Crippen molar-refractivity contribution in [3.05, 3.63) is 12.4 Å². The average molecular weight is 272 g/mol. The van der Waals surface area contributed by atoms with Gasteiger partial charge in [-0.05, 0) is 18.8 Å². The number of aromatic nitrogens is 2. The topological polar surface area (TPSA) is 47.0 Å². The van der Waals surface area contributed by atoms with E-state index < -0.39 is 0 Å². The maximum absolute atomic E-state index is 5.94. The Labute approximate surface area is 114 Å². The van der Waals surface area contributed by atoms with Crippen LogP contribution in [0.15, 0.2) is 12.4 Å². The van der Waals surface area contributed by atoms with E-state index in [1.807, 2.05) is 0 Å². The standard InChI is InChI=1S/C13H22ClN3O/c1-4-5-18-13-9-15-8-12(17-13)16-11(7-14)6-10(2)3/h8-11H,4-7H2,1-3H3,(H,16,17). The van der Waals surface area contributed by atoms with E-state index in [4.69, 9.17) is 16.3 Å². The molecule has 0 aliphatic rings. The molecule has 0 saturated heterocycles. The minimum Gasteiger partial charge on any atom is -0.477 e. The molecule has 0 aliphatic carbocycles. The van der Waals surface area contributed by atoms with Crippen molar-refractivity contribution in [3.8, 4) is 5.88 Å². The van der Waals surface area contributed by atoms with Crippen LogP contribution in [0.1, 0.15) is 33.6 Å². The Bertz CT molecular complexity index is 347. The lowest BCUT2D eigenvalue weighted by Gasteiger charge is -2.18. The average Bonchev–Trinajstić information content (AvgIpc) is 2.35. The number of ether oxygens (including phenoxy) is 1. The van der Waals surface area contributed by atoms with Gasteiger partial charge in [-0.2, -0.15) is 4.98 Å². The SMILES string of the molecule is CCCOc1cncc(NC(CCl)CC(C)C)n1. The Morgan fingerprint density at radius 1 is 1.39 bits per heavy atom. The van der Waals surface area contributed by atoms with Crippen molar-refractivity contribution in [2.24, 2.45) is 5.92 Å². The van der Waals surface area contributed by atoms with E-state index in [0.717, 1.165) is 18.7 Å². The second-order valence-corrected chi connectivity index (χ2v) is 5.02. The molecule has 0 bridgehead atoms. The summed E-state index contributed by atoms with van der Waals surface area (Å²) in [5.41, 5.74) is 0. The van der Waals surface area contributed by atoms with Crippen molar-refractivity contribution in [3.63, 3.8) is 0 Å².